The van der Waals surface area contributed by atoms with E-state index in [2.05, 4.69) is 20.4 Å². The van der Waals surface area contributed by atoms with Crippen molar-refractivity contribution in [3.8, 4) is 11.3 Å². The Morgan fingerprint density at radius 2 is 2.12 bits per heavy atom. The van der Waals surface area contributed by atoms with Crippen molar-refractivity contribution in [2.24, 2.45) is 7.05 Å². The molecular formula is C19H20FN5O. The van der Waals surface area contributed by atoms with E-state index in [4.69, 9.17) is 0 Å². The van der Waals surface area contributed by atoms with E-state index in [1.165, 1.54) is 0 Å². The van der Waals surface area contributed by atoms with E-state index in [-0.39, 0.29) is 19.3 Å². The van der Waals surface area contributed by atoms with Crippen LogP contribution in [-0.2, 0) is 18.3 Å². The number of alkyl halides is 1. The van der Waals surface area contributed by atoms with Crippen molar-refractivity contribution in [2.75, 3.05) is 13.1 Å². The van der Waals surface area contributed by atoms with Crippen molar-refractivity contribution in [3.63, 3.8) is 0 Å². The fourth-order valence-corrected chi connectivity index (χ4v) is 3.29. The Labute approximate surface area is 150 Å². The third kappa shape index (κ3) is 3.22. The minimum Gasteiger partial charge on any atom is -0.316 e. The van der Waals surface area contributed by atoms with Gasteiger partial charge in [0.15, 0.2) is 11.5 Å². The number of nitrogens with one attached hydrogen (secondary N) is 1. The maximum absolute atomic E-state index is 14.8. The van der Waals surface area contributed by atoms with Crippen molar-refractivity contribution in [1.29, 1.82) is 0 Å². The summed E-state index contributed by atoms with van der Waals surface area (Å²) in [5.41, 5.74) is 1.26. The number of piperidine rings is 1. The van der Waals surface area contributed by atoms with Crippen LogP contribution in [-0.4, -0.2) is 44.3 Å². The average Bonchev–Trinajstić information content (AvgIpc) is 3.08. The Balaban J connectivity index is 1.61. The number of ketones is 1. The number of aryl methyl sites for hydroxylation is 1. The predicted octanol–water partition coefficient (Wildman–Crippen LogP) is 2.23. The van der Waals surface area contributed by atoms with E-state index in [0.717, 1.165) is 22.2 Å². The maximum Gasteiger partial charge on any atom is 0.175 e. The number of carbonyl (C=O) groups excluding carboxylic acids is 1. The quantitative estimate of drug-likeness (QED) is 0.779. The third-order valence-corrected chi connectivity index (χ3v) is 4.87. The fourth-order valence-electron chi connectivity index (χ4n) is 3.29. The summed E-state index contributed by atoms with van der Waals surface area (Å²) in [5.74, 6) is -0.394. The molecule has 0 amide bonds. The first kappa shape index (κ1) is 16.8. The highest BCUT2D eigenvalue weighted by Crippen LogP contribution is 2.26. The summed E-state index contributed by atoms with van der Waals surface area (Å²) in [4.78, 5) is 21.4. The lowest BCUT2D eigenvalue weighted by Crippen LogP contribution is -2.45. The summed E-state index contributed by atoms with van der Waals surface area (Å²) in [6.07, 6.45) is 5.77. The van der Waals surface area contributed by atoms with Gasteiger partial charge in [-0.2, -0.15) is 5.10 Å². The first-order valence-corrected chi connectivity index (χ1v) is 8.71. The molecule has 1 fully saturated rings. The third-order valence-electron chi connectivity index (χ3n) is 4.87. The molecule has 1 aliphatic heterocycles. The molecule has 4 rings (SSSR count). The zero-order chi connectivity index (χ0) is 18.1. The van der Waals surface area contributed by atoms with Crippen molar-refractivity contribution in [2.45, 2.75) is 24.9 Å². The van der Waals surface area contributed by atoms with Crippen LogP contribution in [0.4, 0.5) is 4.39 Å². The molecule has 0 unspecified atom stereocenters. The average molecular weight is 353 g/mol. The van der Waals surface area contributed by atoms with Gasteiger partial charge in [0.05, 0.1) is 29.5 Å². The molecule has 1 aliphatic rings. The van der Waals surface area contributed by atoms with E-state index < -0.39 is 11.5 Å². The summed E-state index contributed by atoms with van der Waals surface area (Å²) in [6, 6.07) is 5.63. The second-order valence-electron chi connectivity index (χ2n) is 6.78. The molecule has 0 atom stereocenters. The Hall–Kier alpha value is -2.67. The van der Waals surface area contributed by atoms with Crippen molar-refractivity contribution >= 4 is 16.7 Å². The van der Waals surface area contributed by atoms with Gasteiger partial charge in [-0.3, -0.25) is 14.5 Å². The minimum atomic E-state index is -1.74. The van der Waals surface area contributed by atoms with Gasteiger partial charge in [-0.15, -0.1) is 0 Å². The van der Waals surface area contributed by atoms with E-state index >= 15 is 0 Å². The molecule has 7 heteroatoms. The smallest absolute Gasteiger partial charge is 0.175 e. The number of nitrogens with zero attached hydrogens (tertiary/aromatic N) is 4. The van der Waals surface area contributed by atoms with Crippen LogP contribution in [0.5, 0.6) is 0 Å². The second kappa shape index (κ2) is 6.57. The van der Waals surface area contributed by atoms with Gasteiger partial charge < -0.3 is 5.32 Å². The van der Waals surface area contributed by atoms with Gasteiger partial charge in [0.1, 0.15) is 0 Å². The number of halogens is 1. The number of carbonyl (C=O) groups is 1. The number of Topliss-reactive ketones (excluding diaryl/α,β-unsaturated/α-hetero) is 1. The Bertz CT molecular complexity index is 961. The van der Waals surface area contributed by atoms with Gasteiger partial charge in [-0.05, 0) is 31.3 Å². The summed E-state index contributed by atoms with van der Waals surface area (Å²) >= 11 is 0. The highest BCUT2D eigenvalue weighted by atomic mass is 19.1. The van der Waals surface area contributed by atoms with Crippen LogP contribution in [0.25, 0.3) is 22.2 Å². The van der Waals surface area contributed by atoms with Crippen molar-refractivity contribution in [3.05, 3.63) is 42.5 Å². The zero-order valence-corrected chi connectivity index (χ0v) is 14.6. The number of hydrogen-bond donors (Lipinski definition) is 1. The molecule has 0 bridgehead atoms. The van der Waals surface area contributed by atoms with Crippen LogP contribution in [0, 0.1) is 0 Å². The predicted molar refractivity (Wildman–Crippen MR) is 96.4 cm³/mol. The van der Waals surface area contributed by atoms with E-state index in [0.29, 0.717) is 18.8 Å². The molecule has 0 saturated carbocycles. The van der Waals surface area contributed by atoms with Gasteiger partial charge in [0, 0.05) is 43.2 Å². The topological polar surface area (TPSA) is 72.7 Å². The van der Waals surface area contributed by atoms with Gasteiger partial charge in [0.25, 0.3) is 0 Å². The Kier molecular flexibility index (Phi) is 4.24. The highest BCUT2D eigenvalue weighted by molar-refractivity contribution is 5.90. The molecule has 6 nitrogen and oxygen atoms in total. The van der Waals surface area contributed by atoms with Crippen LogP contribution < -0.4 is 5.32 Å². The van der Waals surface area contributed by atoms with Gasteiger partial charge >= 0.3 is 0 Å². The summed E-state index contributed by atoms with van der Waals surface area (Å²) in [7, 11) is 1.85. The first-order valence-electron chi connectivity index (χ1n) is 8.71. The molecular weight excluding hydrogens is 333 g/mol. The molecule has 4 heterocycles. The molecule has 1 saturated heterocycles. The lowest BCUT2D eigenvalue weighted by molar-refractivity contribution is -0.131. The van der Waals surface area contributed by atoms with E-state index in [1.807, 2.05) is 25.4 Å². The summed E-state index contributed by atoms with van der Waals surface area (Å²) < 4.78 is 16.5. The number of pyridine rings is 2. The monoisotopic (exact) mass is 353 g/mol. The van der Waals surface area contributed by atoms with Crippen LogP contribution in [0.3, 0.4) is 0 Å². The summed E-state index contributed by atoms with van der Waals surface area (Å²) in [6.45, 7) is 1.06. The molecule has 26 heavy (non-hydrogen) atoms. The molecule has 3 aromatic rings. The number of fused-ring (bicyclic) bond motifs is 1. The lowest BCUT2D eigenvalue weighted by atomic mass is 9.87. The fraction of sp³-hybridized carbons (Fsp3) is 0.368. The molecule has 0 spiro atoms. The van der Waals surface area contributed by atoms with E-state index in [9.17, 15) is 9.18 Å². The van der Waals surface area contributed by atoms with Gasteiger partial charge in [0.2, 0.25) is 0 Å². The zero-order valence-electron chi connectivity index (χ0n) is 14.6. The van der Waals surface area contributed by atoms with Crippen LogP contribution in [0.1, 0.15) is 18.5 Å². The van der Waals surface area contributed by atoms with Crippen LogP contribution >= 0.6 is 0 Å². The lowest BCUT2D eigenvalue weighted by Gasteiger charge is -2.28. The van der Waals surface area contributed by atoms with E-state index in [1.54, 1.807) is 23.1 Å². The summed E-state index contributed by atoms with van der Waals surface area (Å²) in [5, 5.41) is 8.12. The van der Waals surface area contributed by atoms with Gasteiger partial charge in [-0.1, -0.05) is 0 Å². The first-order chi connectivity index (χ1) is 12.5. The Morgan fingerprint density at radius 3 is 2.85 bits per heavy atom. The molecule has 3 aromatic heterocycles. The van der Waals surface area contributed by atoms with Crippen molar-refractivity contribution in [1.82, 2.24) is 25.1 Å². The molecule has 0 aromatic carbocycles. The number of aromatic nitrogens is 4. The van der Waals surface area contributed by atoms with Crippen LogP contribution in [0.2, 0.25) is 0 Å². The SMILES string of the molecule is Cn1cc(-c2ccc3cnc(CC(=O)C4(F)CCNCC4)cc3n2)cn1. The highest BCUT2D eigenvalue weighted by Gasteiger charge is 2.39. The molecule has 1 N–H and O–H groups in total. The number of rotatable bonds is 4. The van der Waals surface area contributed by atoms with Crippen LogP contribution in [0.15, 0.2) is 36.8 Å². The number of hydrogen-bond acceptors (Lipinski definition) is 5. The Morgan fingerprint density at radius 1 is 1.31 bits per heavy atom. The molecule has 134 valence electrons. The second-order valence-corrected chi connectivity index (χ2v) is 6.78. The maximum atomic E-state index is 14.8. The standard InChI is InChI=1S/C19H20FN5O/c1-25-12-14(11-23-25)16-3-2-13-10-22-15(8-17(13)24-16)9-18(26)19(20)4-6-21-7-5-19/h2-3,8,10-12,21H,4-7,9H2,1H3. The van der Waals surface area contributed by atoms with Gasteiger partial charge in [-0.25, -0.2) is 9.37 Å². The molecule has 0 aliphatic carbocycles. The minimum absolute atomic E-state index is 0.00869. The van der Waals surface area contributed by atoms with Crippen molar-refractivity contribution < 1.29 is 9.18 Å². The molecule has 0 radical (unpaired) electrons. The largest absolute Gasteiger partial charge is 0.316 e. The normalized spacial score (nSPS) is 16.7.